The highest BCUT2D eigenvalue weighted by atomic mass is 32.2. The van der Waals surface area contributed by atoms with E-state index >= 15 is 0 Å². The first-order chi connectivity index (χ1) is 9.33. The van der Waals surface area contributed by atoms with Crippen LogP contribution in [0.5, 0.6) is 5.75 Å². The van der Waals surface area contributed by atoms with Gasteiger partial charge in [0.2, 0.25) is 10.0 Å². The standard InChI is InChI=1S/C13H19NO5S/c1-9(2)12(13(15)19-4)14-20(16,17)11-8-6-5-7-10(11)18-3/h5-9,12,14H,1-4H3. The average Bonchev–Trinajstić information content (AvgIpc) is 2.43. The SMILES string of the molecule is COC(=O)C(NS(=O)(=O)c1ccccc1OC)C(C)C. The molecule has 0 aliphatic rings. The molecule has 20 heavy (non-hydrogen) atoms. The minimum atomic E-state index is -3.88. The van der Waals surface area contributed by atoms with Gasteiger partial charge in [-0.05, 0) is 18.1 Å². The molecule has 1 N–H and O–H groups in total. The fraction of sp³-hybridized carbons (Fsp3) is 0.462. The predicted octanol–water partition coefficient (Wildman–Crippen LogP) is 1.17. The van der Waals surface area contributed by atoms with Crippen LogP contribution in [0, 0.1) is 5.92 Å². The summed E-state index contributed by atoms with van der Waals surface area (Å²) in [6, 6.07) is 5.25. The number of hydrogen-bond donors (Lipinski definition) is 1. The zero-order chi connectivity index (χ0) is 15.3. The lowest BCUT2D eigenvalue weighted by atomic mass is 10.1. The summed E-state index contributed by atoms with van der Waals surface area (Å²) >= 11 is 0. The molecule has 0 amide bonds. The fourth-order valence-corrected chi connectivity index (χ4v) is 3.16. The average molecular weight is 301 g/mol. The van der Waals surface area contributed by atoms with E-state index in [1.165, 1.54) is 26.4 Å². The van der Waals surface area contributed by atoms with Crippen LogP contribution in [-0.4, -0.2) is 34.6 Å². The van der Waals surface area contributed by atoms with Crippen LogP contribution >= 0.6 is 0 Å². The van der Waals surface area contributed by atoms with Gasteiger partial charge in [-0.25, -0.2) is 8.42 Å². The lowest BCUT2D eigenvalue weighted by Crippen LogP contribution is -2.44. The van der Waals surface area contributed by atoms with E-state index in [2.05, 4.69) is 9.46 Å². The Labute approximate surface area is 119 Å². The molecule has 0 radical (unpaired) electrons. The smallest absolute Gasteiger partial charge is 0.324 e. The predicted molar refractivity (Wildman–Crippen MR) is 74.0 cm³/mol. The van der Waals surface area contributed by atoms with E-state index in [1.54, 1.807) is 26.0 Å². The molecule has 6 nitrogen and oxygen atoms in total. The van der Waals surface area contributed by atoms with Gasteiger partial charge in [0.25, 0.3) is 0 Å². The van der Waals surface area contributed by atoms with Crippen LogP contribution in [0.3, 0.4) is 0 Å². The number of para-hydroxylation sites is 1. The number of carbonyl (C=O) groups excluding carboxylic acids is 1. The number of nitrogens with one attached hydrogen (secondary N) is 1. The van der Waals surface area contributed by atoms with Crippen molar-refractivity contribution in [3.05, 3.63) is 24.3 Å². The first-order valence-electron chi connectivity index (χ1n) is 6.06. The van der Waals surface area contributed by atoms with Crippen molar-refractivity contribution in [2.45, 2.75) is 24.8 Å². The first kappa shape index (κ1) is 16.5. The van der Waals surface area contributed by atoms with Crippen molar-refractivity contribution in [1.29, 1.82) is 0 Å². The molecular formula is C13H19NO5S. The number of benzene rings is 1. The second-order valence-electron chi connectivity index (χ2n) is 4.52. The molecule has 1 unspecified atom stereocenters. The summed E-state index contributed by atoms with van der Waals surface area (Å²) < 4.78 is 36.7. The van der Waals surface area contributed by atoms with Crippen LogP contribution in [0.15, 0.2) is 29.2 Å². The highest BCUT2D eigenvalue weighted by Crippen LogP contribution is 2.23. The van der Waals surface area contributed by atoms with Gasteiger partial charge in [0.15, 0.2) is 0 Å². The van der Waals surface area contributed by atoms with E-state index in [0.29, 0.717) is 0 Å². The molecule has 0 bridgehead atoms. The van der Waals surface area contributed by atoms with Gasteiger partial charge < -0.3 is 9.47 Å². The van der Waals surface area contributed by atoms with Gasteiger partial charge in [-0.15, -0.1) is 0 Å². The van der Waals surface area contributed by atoms with Crippen molar-refractivity contribution in [3.8, 4) is 5.75 Å². The Hall–Kier alpha value is -1.60. The minimum absolute atomic E-state index is 0.0166. The topological polar surface area (TPSA) is 81.7 Å². The molecule has 0 aliphatic heterocycles. The molecule has 1 aromatic carbocycles. The van der Waals surface area contributed by atoms with Crippen molar-refractivity contribution >= 4 is 16.0 Å². The highest BCUT2D eigenvalue weighted by molar-refractivity contribution is 7.89. The normalized spacial score (nSPS) is 13.1. The molecule has 1 aromatic rings. The second kappa shape index (κ2) is 6.71. The molecule has 0 aliphatic carbocycles. The summed E-state index contributed by atoms with van der Waals surface area (Å²) in [7, 11) is -1.28. The number of esters is 1. The van der Waals surface area contributed by atoms with E-state index in [0.717, 1.165) is 0 Å². The van der Waals surface area contributed by atoms with Crippen LogP contribution in [0.4, 0.5) is 0 Å². The Morgan fingerprint density at radius 1 is 1.20 bits per heavy atom. The molecule has 0 aromatic heterocycles. The summed E-state index contributed by atoms with van der Waals surface area (Å²) in [4.78, 5) is 11.6. The molecular weight excluding hydrogens is 282 g/mol. The molecule has 112 valence electrons. The lowest BCUT2D eigenvalue weighted by molar-refractivity contribution is -0.143. The number of methoxy groups -OCH3 is 2. The number of hydrogen-bond acceptors (Lipinski definition) is 5. The van der Waals surface area contributed by atoms with Crippen molar-refractivity contribution < 1.29 is 22.7 Å². The number of sulfonamides is 1. The first-order valence-corrected chi connectivity index (χ1v) is 7.55. The van der Waals surface area contributed by atoms with Crippen LogP contribution in [-0.2, 0) is 19.6 Å². The van der Waals surface area contributed by atoms with Crippen molar-refractivity contribution in [2.24, 2.45) is 5.92 Å². The summed E-state index contributed by atoms with van der Waals surface area (Å²) in [5, 5.41) is 0. The third-order valence-corrected chi connectivity index (χ3v) is 4.24. The van der Waals surface area contributed by atoms with Gasteiger partial charge in [0.1, 0.15) is 16.7 Å². The molecule has 0 fully saturated rings. The van der Waals surface area contributed by atoms with Crippen LogP contribution in [0.2, 0.25) is 0 Å². The Bertz CT molecular complexity index is 568. The third kappa shape index (κ3) is 3.71. The minimum Gasteiger partial charge on any atom is -0.495 e. The third-order valence-electron chi connectivity index (χ3n) is 2.76. The highest BCUT2D eigenvalue weighted by Gasteiger charge is 2.30. The number of ether oxygens (including phenoxy) is 2. The monoisotopic (exact) mass is 301 g/mol. The van der Waals surface area contributed by atoms with Gasteiger partial charge in [-0.3, -0.25) is 4.79 Å². The summed E-state index contributed by atoms with van der Waals surface area (Å²) in [5.41, 5.74) is 0. The maximum atomic E-state index is 12.3. The largest absolute Gasteiger partial charge is 0.495 e. The van der Waals surface area contributed by atoms with Gasteiger partial charge in [0.05, 0.1) is 14.2 Å². The maximum Gasteiger partial charge on any atom is 0.324 e. The quantitative estimate of drug-likeness (QED) is 0.798. The van der Waals surface area contributed by atoms with Gasteiger partial charge in [0, 0.05) is 0 Å². The van der Waals surface area contributed by atoms with E-state index in [9.17, 15) is 13.2 Å². The Morgan fingerprint density at radius 2 is 1.80 bits per heavy atom. The summed E-state index contributed by atoms with van der Waals surface area (Å²) in [6.45, 7) is 3.46. The molecule has 0 heterocycles. The van der Waals surface area contributed by atoms with Crippen LogP contribution in [0.25, 0.3) is 0 Å². The molecule has 0 saturated heterocycles. The van der Waals surface area contributed by atoms with Gasteiger partial charge in [-0.1, -0.05) is 26.0 Å². The summed E-state index contributed by atoms with van der Waals surface area (Å²) in [5.74, 6) is -0.655. The van der Waals surface area contributed by atoms with E-state index in [1.807, 2.05) is 0 Å². The van der Waals surface area contributed by atoms with Gasteiger partial charge in [-0.2, -0.15) is 4.72 Å². The molecule has 0 saturated carbocycles. The molecule has 1 atom stereocenters. The molecule has 7 heteroatoms. The van der Waals surface area contributed by atoms with E-state index in [4.69, 9.17) is 4.74 Å². The zero-order valence-electron chi connectivity index (χ0n) is 11.9. The van der Waals surface area contributed by atoms with Crippen molar-refractivity contribution in [3.63, 3.8) is 0 Å². The van der Waals surface area contributed by atoms with Crippen LogP contribution in [0.1, 0.15) is 13.8 Å². The van der Waals surface area contributed by atoms with E-state index < -0.39 is 22.0 Å². The van der Waals surface area contributed by atoms with E-state index in [-0.39, 0.29) is 16.6 Å². The summed E-state index contributed by atoms with van der Waals surface area (Å²) in [6.07, 6.45) is 0. The number of rotatable bonds is 6. The van der Waals surface area contributed by atoms with Crippen molar-refractivity contribution in [2.75, 3.05) is 14.2 Å². The van der Waals surface area contributed by atoms with Crippen LogP contribution < -0.4 is 9.46 Å². The number of carbonyl (C=O) groups is 1. The van der Waals surface area contributed by atoms with Crippen molar-refractivity contribution in [1.82, 2.24) is 4.72 Å². The lowest BCUT2D eigenvalue weighted by Gasteiger charge is -2.20. The Balaban J connectivity index is 3.13. The molecule has 1 rings (SSSR count). The fourth-order valence-electron chi connectivity index (χ4n) is 1.65. The second-order valence-corrected chi connectivity index (χ2v) is 6.20. The molecule has 0 spiro atoms. The maximum absolute atomic E-state index is 12.3. The van der Waals surface area contributed by atoms with Gasteiger partial charge >= 0.3 is 5.97 Å². The Morgan fingerprint density at radius 3 is 2.30 bits per heavy atom. The Kier molecular flexibility index (Phi) is 5.52. The zero-order valence-corrected chi connectivity index (χ0v) is 12.7.